The Morgan fingerprint density at radius 3 is 2.13 bits per heavy atom. The molecule has 2 amide bonds. The van der Waals surface area contributed by atoms with E-state index in [0.717, 1.165) is 29.9 Å². The fourth-order valence-corrected chi connectivity index (χ4v) is 2.99. The number of hydrogen-bond donors (Lipinski definition) is 2. The van der Waals surface area contributed by atoms with E-state index in [1.807, 2.05) is 18.2 Å². The van der Waals surface area contributed by atoms with Crippen LogP contribution in [0.1, 0.15) is 50.5 Å². The number of amides is 2. The van der Waals surface area contributed by atoms with Crippen LogP contribution in [-0.4, -0.2) is 26.3 Å². The number of ether oxygens (including phenoxy) is 2. The summed E-state index contributed by atoms with van der Waals surface area (Å²) in [4.78, 5) is 12.1. The SMILES string of the molecule is COc1cc(CNC(=O)NC2CCCCCCC2)cc(OC)c1. The van der Waals surface area contributed by atoms with Gasteiger partial charge in [0.1, 0.15) is 11.5 Å². The van der Waals surface area contributed by atoms with Crippen molar-refractivity contribution < 1.29 is 14.3 Å². The van der Waals surface area contributed by atoms with Gasteiger partial charge < -0.3 is 20.1 Å². The molecule has 1 saturated carbocycles. The van der Waals surface area contributed by atoms with Crippen LogP contribution in [0.3, 0.4) is 0 Å². The van der Waals surface area contributed by atoms with Gasteiger partial charge in [-0.3, -0.25) is 0 Å². The minimum atomic E-state index is -0.0997. The molecule has 0 saturated heterocycles. The number of nitrogens with one attached hydrogen (secondary N) is 2. The lowest BCUT2D eigenvalue weighted by molar-refractivity contribution is 0.233. The Bertz CT molecular complexity index is 475. The van der Waals surface area contributed by atoms with E-state index in [2.05, 4.69) is 10.6 Å². The number of urea groups is 1. The molecule has 0 radical (unpaired) electrons. The molecule has 0 unspecified atom stereocenters. The van der Waals surface area contributed by atoms with Gasteiger partial charge in [0, 0.05) is 18.7 Å². The average molecular weight is 320 g/mol. The Kier molecular flexibility index (Phi) is 7.04. The first-order valence-electron chi connectivity index (χ1n) is 8.47. The molecule has 0 spiro atoms. The predicted octanol–water partition coefficient (Wildman–Crippen LogP) is 3.62. The number of hydrogen-bond acceptors (Lipinski definition) is 3. The Morgan fingerprint density at radius 2 is 1.57 bits per heavy atom. The summed E-state index contributed by atoms with van der Waals surface area (Å²) in [5.41, 5.74) is 0.953. The number of carbonyl (C=O) groups excluding carboxylic acids is 1. The van der Waals surface area contributed by atoms with Crippen LogP contribution in [0.15, 0.2) is 18.2 Å². The van der Waals surface area contributed by atoms with Gasteiger partial charge in [-0.25, -0.2) is 4.79 Å². The van der Waals surface area contributed by atoms with Crippen molar-refractivity contribution in [2.24, 2.45) is 0 Å². The molecule has 0 heterocycles. The summed E-state index contributed by atoms with van der Waals surface area (Å²) in [6, 6.07) is 5.82. The third-order valence-electron chi connectivity index (χ3n) is 4.30. The molecule has 0 atom stereocenters. The third kappa shape index (κ3) is 6.00. The number of rotatable bonds is 5. The Labute approximate surface area is 138 Å². The summed E-state index contributed by atoms with van der Waals surface area (Å²) < 4.78 is 10.5. The molecule has 1 aliphatic carbocycles. The van der Waals surface area contributed by atoms with E-state index in [4.69, 9.17) is 9.47 Å². The van der Waals surface area contributed by atoms with Crippen molar-refractivity contribution >= 4 is 6.03 Å². The van der Waals surface area contributed by atoms with Crippen LogP contribution in [0.2, 0.25) is 0 Å². The number of methoxy groups -OCH3 is 2. The molecule has 0 aliphatic heterocycles. The zero-order chi connectivity index (χ0) is 16.5. The van der Waals surface area contributed by atoms with Crippen molar-refractivity contribution in [3.8, 4) is 11.5 Å². The van der Waals surface area contributed by atoms with E-state index >= 15 is 0 Å². The maximum atomic E-state index is 12.1. The monoisotopic (exact) mass is 320 g/mol. The third-order valence-corrected chi connectivity index (χ3v) is 4.30. The summed E-state index contributed by atoms with van der Waals surface area (Å²) in [5.74, 6) is 1.45. The van der Waals surface area contributed by atoms with Gasteiger partial charge in [0.05, 0.1) is 14.2 Å². The lowest BCUT2D eigenvalue weighted by Gasteiger charge is -2.21. The van der Waals surface area contributed by atoms with Gasteiger partial charge in [-0.2, -0.15) is 0 Å². The highest BCUT2D eigenvalue weighted by molar-refractivity contribution is 5.74. The van der Waals surface area contributed by atoms with Gasteiger partial charge in [0.25, 0.3) is 0 Å². The van der Waals surface area contributed by atoms with Gasteiger partial charge >= 0.3 is 6.03 Å². The van der Waals surface area contributed by atoms with Crippen LogP contribution in [-0.2, 0) is 6.54 Å². The molecule has 5 heteroatoms. The summed E-state index contributed by atoms with van der Waals surface area (Å²) in [7, 11) is 3.24. The summed E-state index contributed by atoms with van der Waals surface area (Å²) in [6.07, 6.45) is 8.47. The van der Waals surface area contributed by atoms with Crippen LogP contribution in [0, 0.1) is 0 Å². The molecule has 1 aromatic carbocycles. The smallest absolute Gasteiger partial charge is 0.315 e. The lowest BCUT2D eigenvalue weighted by atomic mass is 9.97. The van der Waals surface area contributed by atoms with Crippen LogP contribution in [0.25, 0.3) is 0 Å². The molecular weight excluding hydrogens is 292 g/mol. The van der Waals surface area contributed by atoms with Crippen LogP contribution in [0.5, 0.6) is 11.5 Å². The summed E-state index contributed by atoms with van der Waals surface area (Å²) >= 11 is 0. The predicted molar refractivity (Wildman–Crippen MR) is 91.0 cm³/mol. The van der Waals surface area contributed by atoms with E-state index < -0.39 is 0 Å². The molecule has 0 aromatic heterocycles. The van der Waals surface area contributed by atoms with Gasteiger partial charge in [-0.15, -0.1) is 0 Å². The molecule has 2 rings (SSSR count). The zero-order valence-corrected chi connectivity index (χ0v) is 14.2. The fraction of sp³-hybridized carbons (Fsp3) is 0.611. The van der Waals surface area contributed by atoms with E-state index in [9.17, 15) is 4.79 Å². The molecule has 1 fully saturated rings. The average Bonchev–Trinajstić information content (AvgIpc) is 2.55. The highest BCUT2D eigenvalue weighted by Crippen LogP contribution is 2.22. The lowest BCUT2D eigenvalue weighted by Crippen LogP contribution is -2.42. The van der Waals surface area contributed by atoms with Crippen molar-refractivity contribution in [3.05, 3.63) is 23.8 Å². The Morgan fingerprint density at radius 1 is 1.00 bits per heavy atom. The fourth-order valence-electron chi connectivity index (χ4n) is 2.99. The van der Waals surface area contributed by atoms with Crippen LogP contribution < -0.4 is 20.1 Å². The van der Waals surface area contributed by atoms with Crippen LogP contribution in [0.4, 0.5) is 4.79 Å². The second kappa shape index (κ2) is 9.28. The van der Waals surface area contributed by atoms with E-state index in [0.29, 0.717) is 12.6 Å². The Hall–Kier alpha value is -1.91. The van der Waals surface area contributed by atoms with E-state index in [1.165, 1.54) is 32.1 Å². The minimum Gasteiger partial charge on any atom is -0.497 e. The van der Waals surface area contributed by atoms with Crippen molar-refractivity contribution in [3.63, 3.8) is 0 Å². The normalized spacial score (nSPS) is 16.1. The number of carbonyl (C=O) groups is 1. The summed E-state index contributed by atoms with van der Waals surface area (Å²) in [6.45, 7) is 0.451. The molecule has 1 aliphatic rings. The zero-order valence-electron chi connectivity index (χ0n) is 14.2. The van der Waals surface area contributed by atoms with Gasteiger partial charge in [-0.05, 0) is 30.5 Å². The molecular formula is C18H28N2O3. The second-order valence-electron chi connectivity index (χ2n) is 6.09. The standard InChI is InChI=1S/C18H28N2O3/c1-22-16-10-14(11-17(12-16)23-2)13-19-18(21)20-15-8-6-4-3-5-7-9-15/h10-12,15H,3-9,13H2,1-2H3,(H2,19,20,21). The molecule has 2 N–H and O–H groups in total. The first-order valence-corrected chi connectivity index (χ1v) is 8.47. The first-order chi connectivity index (χ1) is 11.2. The van der Waals surface area contributed by atoms with E-state index in [-0.39, 0.29) is 6.03 Å². The maximum Gasteiger partial charge on any atom is 0.315 e. The first kappa shape index (κ1) is 17.4. The highest BCUT2D eigenvalue weighted by Gasteiger charge is 2.13. The summed E-state index contributed by atoms with van der Waals surface area (Å²) in [5, 5.41) is 6.03. The molecule has 1 aromatic rings. The topological polar surface area (TPSA) is 59.6 Å². The molecule has 0 bridgehead atoms. The number of benzene rings is 1. The maximum absolute atomic E-state index is 12.1. The van der Waals surface area contributed by atoms with Crippen molar-refractivity contribution in [2.75, 3.05) is 14.2 Å². The van der Waals surface area contributed by atoms with E-state index in [1.54, 1.807) is 14.2 Å². The Balaban J connectivity index is 1.83. The van der Waals surface area contributed by atoms with Gasteiger partial charge in [0.2, 0.25) is 0 Å². The van der Waals surface area contributed by atoms with Crippen molar-refractivity contribution in [1.82, 2.24) is 10.6 Å². The largest absolute Gasteiger partial charge is 0.497 e. The van der Waals surface area contributed by atoms with Crippen molar-refractivity contribution in [1.29, 1.82) is 0 Å². The highest BCUT2D eigenvalue weighted by atomic mass is 16.5. The minimum absolute atomic E-state index is 0.0997. The molecule has 23 heavy (non-hydrogen) atoms. The molecule has 128 valence electrons. The second-order valence-corrected chi connectivity index (χ2v) is 6.09. The van der Waals surface area contributed by atoms with Crippen LogP contribution >= 0.6 is 0 Å². The molecule has 5 nitrogen and oxygen atoms in total. The van der Waals surface area contributed by atoms with Gasteiger partial charge in [0.15, 0.2) is 0 Å². The quantitative estimate of drug-likeness (QED) is 0.871. The van der Waals surface area contributed by atoms with Gasteiger partial charge in [-0.1, -0.05) is 32.1 Å². The van der Waals surface area contributed by atoms with Crippen molar-refractivity contribution in [2.45, 2.75) is 57.5 Å².